The molecule has 0 bridgehead atoms. The van der Waals surface area contributed by atoms with E-state index in [0.717, 1.165) is 32.0 Å². The highest BCUT2D eigenvalue weighted by Gasteiger charge is 2.02. The van der Waals surface area contributed by atoms with Crippen LogP contribution in [0, 0.1) is 5.92 Å². The van der Waals surface area contributed by atoms with Gasteiger partial charge in [0.1, 0.15) is 0 Å². The Hall–Kier alpha value is -0.860. The van der Waals surface area contributed by atoms with Gasteiger partial charge in [0.05, 0.1) is 0 Å². The molecule has 0 unspecified atom stereocenters. The third-order valence-corrected chi connectivity index (χ3v) is 3.58. The fourth-order valence-electron chi connectivity index (χ4n) is 2.22. The zero-order valence-corrected chi connectivity index (χ0v) is 13.8. The van der Waals surface area contributed by atoms with Gasteiger partial charge in [0.15, 0.2) is 0 Å². The fourth-order valence-corrected chi connectivity index (χ4v) is 2.22. The van der Waals surface area contributed by atoms with Gasteiger partial charge in [0.2, 0.25) is 0 Å². The van der Waals surface area contributed by atoms with Crippen molar-refractivity contribution in [2.75, 3.05) is 26.7 Å². The van der Waals surface area contributed by atoms with Crippen LogP contribution in [-0.2, 0) is 13.0 Å². The smallest absolute Gasteiger partial charge is 0.0230 e. The molecule has 2 nitrogen and oxygen atoms in total. The van der Waals surface area contributed by atoms with Gasteiger partial charge in [0.25, 0.3) is 0 Å². The Kier molecular flexibility index (Phi) is 8.56. The van der Waals surface area contributed by atoms with E-state index >= 15 is 0 Å². The zero-order chi connectivity index (χ0) is 14.8. The molecule has 0 saturated heterocycles. The molecule has 0 amide bonds. The fraction of sp³-hybridized carbons (Fsp3) is 0.667. The number of nitrogens with zero attached hydrogens (tertiary/aromatic N) is 1. The molecule has 0 aliphatic heterocycles. The number of benzene rings is 1. The molecule has 1 aromatic carbocycles. The molecule has 1 aromatic rings. The Morgan fingerprint density at radius 3 is 2.30 bits per heavy atom. The first-order valence-corrected chi connectivity index (χ1v) is 8.09. The topological polar surface area (TPSA) is 15.3 Å². The molecule has 1 rings (SSSR count). The second-order valence-corrected chi connectivity index (χ2v) is 6.24. The highest BCUT2D eigenvalue weighted by Crippen LogP contribution is 2.09. The molecule has 20 heavy (non-hydrogen) atoms. The maximum absolute atomic E-state index is 3.45. The van der Waals surface area contributed by atoms with E-state index in [1.54, 1.807) is 0 Å². The lowest BCUT2D eigenvalue weighted by Gasteiger charge is -2.18. The molecule has 0 radical (unpaired) electrons. The Labute approximate surface area is 125 Å². The van der Waals surface area contributed by atoms with Crippen LogP contribution in [0.5, 0.6) is 0 Å². The van der Waals surface area contributed by atoms with Gasteiger partial charge in [-0.1, -0.05) is 45.0 Å². The minimum Gasteiger partial charge on any atom is -0.316 e. The summed E-state index contributed by atoms with van der Waals surface area (Å²) in [5.41, 5.74) is 2.85. The summed E-state index contributed by atoms with van der Waals surface area (Å²) < 4.78 is 0. The van der Waals surface area contributed by atoms with Crippen molar-refractivity contribution in [3.63, 3.8) is 0 Å². The summed E-state index contributed by atoms with van der Waals surface area (Å²) in [5.74, 6) is 0.787. The van der Waals surface area contributed by atoms with Crippen molar-refractivity contribution < 1.29 is 0 Å². The quantitative estimate of drug-likeness (QED) is 0.655. The second kappa shape index (κ2) is 9.95. The average Bonchev–Trinajstić information content (AvgIpc) is 2.43. The van der Waals surface area contributed by atoms with Gasteiger partial charge in [-0.05, 0) is 63.0 Å². The van der Waals surface area contributed by atoms with Crippen molar-refractivity contribution in [3.8, 4) is 0 Å². The Bertz CT molecular complexity index is 343. The first-order chi connectivity index (χ1) is 9.61. The van der Waals surface area contributed by atoms with E-state index in [1.807, 2.05) is 0 Å². The maximum atomic E-state index is 3.45. The van der Waals surface area contributed by atoms with Crippen molar-refractivity contribution in [2.24, 2.45) is 5.92 Å². The minimum absolute atomic E-state index is 0.787. The predicted molar refractivity (Wildman–Crippen MR) is 89.1 cm³/mol. The average molecular weight is 276 g/mol. The van der Waals surface area contributed by atoms with Gasteiger partial charge in [0, 0.05) is 6.54 Å². The van der Waals surface area contributed by atoms with Gasteiger partial charge < -0.3 is 10.2 Å². The van der Waals surface area contributed by atoms with Crippen molar-refractivity contribution in [2.45, 2.75) is 46.6 Å². The molecule has 0 heterocycles. The van der Waals surface area contributed by atoms with Crippen LogP contribution < -0.4 is 5.32 Å². The number of nitrogens with one attached hydrogen (secondary N) is 1. The molecule has 2 heteroatoms. The van der Waals surface area contributed by atoms with E-state index in [1.165, 1.54) is 30.5 Å². The van der Waals surface area contributed by atoms with Gasteiger partial charge in [-0.25, -0.2) is 0 Å². The maximum Gasteiger partial charge on any atom is 0.0230 e. The molecule has 1 N–H and O–H groups in total. The van der Waals surface area contributed by atoms with E-state index in [9.17, 15) is 0 Å². The van der Waals surface area contributed by atoms with Crippen LogP contribution >= 0.6 is 0 Å². The minimum atomic E-state index is 0.787. The van der Waals surface area contributed by atoms with Crippen molar-refractivity contribution in [1.82, 2.24) is 10.2 Å². The van der Waals surface area contributed by atoms with Crippen LogP contribution in [0.25, 0.3) is 0 Å². The van der Waals surface area contributed by atoms with E-state index in [0.29, 0.717) is 0 Å². The summed E-state index contributed by atoms with van der Waals surface area (Å²) in [6, 6.07) is 9.11. The summed E-state index contributed by atoms with van der Waals surface area (Å²) >= 11 is 0. The zero-order valence-electron chi connectivity index (χ0n) is 13.8. The largest absolute Gasteiger partial charge is 0.316 e. The predicted octanol–water partition coefficient (Wildman–Crippen LogP) is 3.71. The summed E-state index contributed by atoms with van der Waals surface area (Å²) in [6.07, 6.45) is 3.61. The second-order valence-electron chi connectivity index (χ2n) is 6.24. The molecule has 114 valence electrons. The molecular formula is C18H32N2. The van der Waals surface area contributed by atoms with Crippen molar-refractivity contribution in [1.29, 1.82) is 0 Å². The molecular weight excluding hydrogens is 244 g/mol. The van der Waals surface area contributed by atoms with Crippen LogP contribution in [-0.4, -0.2) is 31.6 Å². The Morgan fingerprint density at radius 1 is 1.05 bits per heavy atom. The van der Waals surface area contributed by atoms with Crippen LogP contribution in [0.4, 0.5) is 0 Å². The molecule has 0 aliphatic carbocycles. The number of rotatable bonds is 10. The van der Waals surface area contributed by atoms with Crippen LogP contribution in [0.1, 0.15) is 44.7 Å². The van der Waals surface area contributed by atoms with Crippen LogP contribution in [0.2, 0.25) is 0 Å². The van der Waals surface area contributed by atoms with E-state index in [4.69, 9.17) is 0 Å². The summed E-state index contributed by atoms with van der Waals surface area (Å²) in [4.78, 5) is 2.41. The van der Waals surface area contributed by atoms with E-state index in [2.05, 4.69) is 62.3 Å². The Morgan fingerprint density at radius 2 is 1.70 bits per heavy atom. The molecule has 0 atom stereocenters. The van der Waals surface area contributed by atoms with Gasteiger partial charge in [-0.3, -0.25) is 0 Å². The lowest BCUT2D eigenvalue weighted by Crippen LogP contribution is -2.20. The molecule has 0 aliphatic rings. The summed E-state index contributed by atoms with van der Waals surface area (Å²) in [5, 5.41) is 3.45. The summed E-state index contributed by atoms with van der Waals surface area (Å²) in [6.45, 7) is 11.2. The van der Waals surface area contributed by atoms with Gasteiger partial charge >= 0.3 is 0 Å². The summed E-state index contributed by atoms with van der Waals surface area (Å²) in [7, 11) is 2.21. The standard InChI is InChI=1S/C18H32N2/c1-5-12-19-13-10-17-6-8-18(9-7-17)15-20(4)14-11-16(2)3/h6-9,16,19H,5,10-15H2,1-4H3. The van der Waals surface area contributed by atoms with Gasteiger partial charge in [-0.15, -0.1) is 0 Å². The highest BCUT2D eigenvalue weighted by molar-refractivity contribution is 5.22. The number of hydrogen-bond donors (Lipinski definition) is 1. The van der Waals surface area contributed by atoms with Crippen molar-refractivity contribution >= 4 is 0 Å². The molecule has 0 aromatic heterocycles. The molecule has 0 fully saturated rings. The van der Waals surface area contributed by atoms with Crippen molar-refractivity contribution in [3.05, 3.63) is 35.4 Å². The third kappa shape index (κ3) is 7.66. The SMILES string of the molecule is CCCNCCc1ccc(CN(C)CCC(C)C)cc1. The van der Waals surface area contributed by atoms with E-state index in [-0.39, 0.29) is 0 Å². The van der Waals surface area contributed by atoms with Crippen LogP contribution in [0.3, 0.4) is 0 Å². The molecule has 0 spiro atoms. The van der Waals surface area contributed by atoms with Gasteiger partial charge in [-0.2, -0.15) is 0 Å². The Balaban J connectivity index is 2.30. The monoisotopic (exact) mass is 276 g/mol. The first-order valence-electron chi connectivity index (χ1n) is 8.09. The molecule has 0 saturated carbocycles. The third-order valence-electron chi connectivity index (χ3n) is 3.58. The normalized spacial score (nSPS) is 11.5. The first kappa shape index (κ1) is 17.2. The lowest BCUT2D eigenvalue weighted by molar-refractivity contribution is 0.303. The highest BCUT2D eigenvalue weighted by atomic mass is 15.1. The lowest BCUT2D eigenvalue weighted by atomic mass is 10.1. The van der Waals surface area contributed by atoms with E-state index < -0.39 is 0 Å². The number of hydrogen-bond acceptors (Lipinski definition) is 2. The van der Waals surface area contributed by atoms with Crippen LogP contribution in [0.15, 0.2) is 24.3 Å².